The minimum absolute atomic E-state index is 0. The lowest BCUT2D eigenvalue weighted by molar-refractivity contribution is 0.631. The first-order valence-corrected chi connectivity index (χ1v) is 2.15. The molecule has 0 unspecified atom stereocenters. The first kappa shape index (κ1) is 8.23. The van der Waals surface area contributed by atoms with Crippen LogP contribution in [-0.4, -0.2) is 9.78 Å². The number of aromatic nitrogens is 2. The first-order chi connectivity index (χ1) is 3.72. The van der Waals surface area contributed by atoms with E-state index in [1.54, 1.807) is 7.05 Å². The zero-order valence-electron chi connectivity index (χ0n) is 4.84. The van der Waals surface area contributed by atoms with Gasteiger partial charge in [0.2, 0.25) is 0 Å². The number of hydrogen-bond donors (Lipinski definition) is 1. The average Bonchev–Trinajstić information content (AvgIpc) is 1.98. The third-order valence-electron chi connectivity index (χ3n) is 0.938. The van der Waals surface area contributed by atoms with Gasteiger partial charge >= 0.3 is 0 Å². The highest BCUT2D eigenvalue weighted by molar-refractivity contribution is 5.85. The molecule has 0 aromatic carbocycles. The molecule has 0 saturated heterocycles. The van der Waals surface area contributed by atoms with Crippen LogP contribution in [0.25, 0.3) is 0 Å². The van der Waals surface area contributed by atoms with E-state index in [1.807, 2.05) is 0 Å². The average molecular weight is 152 g/mol. The molecule has 5 heteroatoms. The van der Waals surface area contributed by atoms with Gasteiger partial charge in [-0.05, 0) is 0 Å². The van der Waals surface area contributed by atoms with Gasteiger partial charge in [-0.3, -0.25) is 4.68 Å². The van der Waals surface area contributed by atoms with E-state index >= 15 is 0 Å². The number of aryl methyl sites for hydroxylation is 1. The van der Waals surface area contributed by atoms with E-state index in [9.17, 15) is 4.39 Å². The van der Waals surface area contributed by atoms with Crippen LogP contribution in [0.2, 0.25) is 0 Å². The van der Waals surface area contributed by atoms with Gasteiger partial charge in [-0.1, -0.05) is 0 Å². The molecule has 0 aliphatic carbocycles. The summed E-state index contributed by atoms with van der Waals surface area (Å²) >= 11 is 0. The fourth-order valence-electron chi connectivity index (χ4n) is 0.420. The van der Waals surface area contributed by atoms with Crippen molar-refractivity contribution in [2.45, 2.75) is 0 Å². The predicted octanol–water partition coefficient (Wildman–Crippen LogP) is 0.563. The molecule has 3 nitrogen and oxygen atoms in total. The number of nitrogens with zero attached hydrogens (tertiary/aromatic N) is 2. The summed E-state index contributed by atoms with van der Waals surface area (Å²) in [7, 11) is 1.58. The molecule has 9 heavy (non-hydrogen) atoms. The second-order valence-corrected chi connectivity index (χ2v) is 1.50. The number of nitrogens with two attached hydrogens (primary N) is 1. The van der Waals surface area contributed by atoms with Gasteiger partial charge in [-0.2, -0.15) is 5.10 Å². The van der Waals surface area contributed by atoms with Gasteiger partial charge < -0.3 is 5.73 Å². The Morgan fingerprint density at radius 3 is 2.44 bits per heavy atom. The molecule has 0 atom stereocenters. The molecule has 1 aromatic heterocycles. The maximum atomic E-state index is 12.1. The van der Waals surface area contributed by atoms with Crippen molar-refractivity contribution >= 4 is 18.2 Å². The van der Waals surface area contributed by atoms with Crippen molar-refractivity contribution in [2.24, 2.45) is 7.05 Å². The van der Waals surface area contributed by atoms with Gasteiger partial charge in [0.15, 0.2) is 11.6 Å². The van der Waals surface area contributed by atoms with Crippen molar-refractivity contribution in [2.75, 3.05) is 5.73 Å². The van der Waals surface area contributed by atoms with Crippen molar-refractivity contribution in [3.05, 3.63) is 12.0 Å². The lowest BCUT2D eigenvalue weighted by Gasteiger charge is -1.88. The van der Waals surface area contributed by atoms with Gasteiger partial charge in [0, 0.05) is 7.05 Å². The molecule has 0 spiro atoms. The molecule has 1 heterocycles. The van der Waals surface area contributed by atoms with Gasteiger partial charge in [-0.25, -0.2) is 4.39 Å². The minimum atomic E-state index is -0.465. The molecule has 1 aromatic rings. The van der Waals surface area contributed by atoms with E-state index in [0.717, 1.165) is 6.20 Å². The molecule has 1 rings (SSSR count). The Kier molecular flexibility index (Phi) is 2.45. The molecule has 0 fully saturated rings. The monoisotopic (exact) mass is 151 g/mol. The van der Waals surface area contributed by atoms with E-state index in [0.29, 0.717) is 0 Å². The maximum Gasteiger partial charge on any atom is 0.184 e. The van der Waals surface area contributed by atoms with Gasteiger partial charge in [0.1, 0.15) is 0 Å². The van der Waals surface area contributed by atoms with Crippen LogP contribution >= 0.6 is 12.4 Å². The van der Waals surface area contributed by atoms with E-state index < -0.39 is 5.82 Å². The number of nitrogen functional groups attached to an aromatic ring is 1. The van der Waals surface area contributed by atoms with Crippen molar-refractivity contribution in [1.82, 2.24) is 9.78 Å². The van der Waals surface area contributed by atoms with Crippen molar-refractivity contribution in [3.8, 4) is 0 Å². The normalized spacial score (nSPS) is 8.67. The van der Waals surface area contributed by atoms with Crippen molar-refractivity contribution in [1.29, 1.82) is 0 Å². The Labute approximate surface area is 58.1 Å². The lowest BCUT2D eigenvalue weighted by Crippen LogP contribution is -1.97. The molecule has 0 radical (unpaired) electrons. The van der Waals surface area contributed by atoms with Crippen LogP contribution in [0.3, 0.4) is 0 Å². The van der Waals surface area contributed by atoms with E-state index in [2.05, 4.69) is 5.10 Å². The molecule has 0 aliphatic heterocycles. The summed E-state index contributed by atoms with van der Waals surface area (Å²) in [5.74, 6) is -0.391. The minimum Gasteiger partial charge on any atom is -0.381 e. The Morgan fingerprint density at radius 2 is 2.33 bits per heavy atom. The highest BCUT2D eigenvalue weighted by atomic mass is 35.5. The van der Waals surface area contributed by atoms with Crippen LogP contribution in [0.15, 0.2) is 6.20 Å². The summed E-state index contributed by atoms with van der Waals surface area (Å²) in [6.45, 7) is 0. The van der Waals surface area contributed by atoms with Gasteiger partial charge in [0.05, 0.1) is 6.20 Å². The summed E-state index contributed by atoms with van der Waals surface area (Å²) in [5.41, 5.74) is 5.13. The van der Waals surface area contributed by atoms with Crippen molar-refractivity contribution in [3.63, 3.8) is 0 Å². The third kappa shape index (κ3) is 1.32. The van der Waals surface area contributed by atoms with Crippen LogP contribution in [-0.2, 0) is 7.05 Å². The van der Waals surface area contributed by atoms with Crippen molar-refractivity contribution < 1.29 is 4.39 Å². The quantitative estimate of drug-likeness (QED) is 0.589. The van der Waals surface area contributed by atoms with Crippen LogP contribution in [0.5, 0.6) is 0 Å². The van der Waals surface area contributed by atoms with Crippen LogP contribution in [0.4, 0.5) is 10.2 Å². The summed E-state index contributed by atoms with van der Waals surface area (Å²) in [5, 5.41) is 3.53. The smallest absolute Gasteiger partial charge is 0.184 e. The van der Waals surface area contributed by atoms with Gasteiger partial charge in [-0.15, -0.1) is 12.4 Å². The number of anilines is 1. The topological polar surface area (TPSA) is 43.8 Å². The van der Waals surface area contributed by atoms with Crippen LogP contribution in [0, 0.1) is 5.82 Å². The maximum absolute atomic E-state index is 12.1. The summed E-state index contributed by atoms with van der Waals surface area (Å²) < 4.78 is 13.4. The Bertz CT molecular complexity index is 178. The lowest BCUT2D eigenvalue weighted by atomic mass is 10.6. The summed E-state index contributed by atoms with van der Waals surface area (Å²) in [4.78, 5) is 0. The first-order valence-electron chi connectivity index (χ1n) is 2.15. The fraction of sp³-hybridized carbons (Fsp3) is 0.250. The summed E-state index contributed by atoms with van der Waals surface area (Å²) in [6.07, 6.45) is 1.08. The Balaban J connectivity index is 0.000000640. The molecule has 0 bridgehead atoms. The van der Waals surface area contributed by atoms with E-state index in [-0.39, 0.29) is 18.2 Å². The Hall–Kier alpha value is -0.770. The molecule has 2 N–H and O–H groups in total. The zero-order valence-corrected chi connectivity index (χ0v) is 5.65. The highest BCUT2D eigenvalue weighted by Gasteiger charge is 1.99. The fourth-order valence-corrected chi connectivity index (χ4v) is 0.420. The second kappa shape index (κ2) is 2.68. The van der Waals surface area contributed by atoms with Crippen LogP contribution < -0.4 is 5.73 Å². The van der Waals surface area contributed by atoms with E-state index in [1.165, 1.54) is 4.68 Å². The molecular weight excluding hydrogens is 145 g/mol. The SMILES string of the molecule is Cl.Cn1ncc(F)c1N. The molecule has 0 amide bonds. The molecule has 0 saturated carbocycles. The van der Waals surface area contributed by atoms with Gasteiger partial charge in [0.25, 0.3) is 0 Å². The number of rotatable bonds is 0. The third-order valence-corrected chi connectivity index (χ3v) is 0.938. The standard InChI is InChI=1S/C4H6FN3.ClH/c1-8-4(6)3(5)2-7-8;/h2H,6H2,1H3;1H. The largest absolute Gasteiger partial charge is 0.381 e. The predicted molar refractivity (Wildman–Crippen MR) is 34.8 cm³/mol. The summed E-state index contributed by atoms with van der Waals surface area (Å²) in [6, 6.07) is 0. The highest BCUT2D eigenvalue weighted by Crippen LogP contribution is 2.03. The zero-order chi connectivity index (χ0) is 6.15. The number of halogens is 2. The van der Waals surface area contributed by atoms with E-state index in [4.69, 9.17) is 5.73 Å². The molecule has 0 aliphatic rings. The molecule has 52 valence electrons. The number of hydrogen-bond acceptors (Lipinski definition) is 2. The molecular formula is C4H7ClFN3. The Morgan fingerprint density at radius 1 is 1.78 bits per heavy atom. The second-order valence-electron chi connectivity index (χ2n) is 1.50. The van der Waals surface area contributed by atoms with Crippen LogP contribution in [0.1, 0.15) is 0 Å².